The lowest BCUT2D eigenvalue weighted by molar-refractivity contribution is -0.138. The van der Waals surface area contributed by atoms with E-state index in [1.807, 2.05) is 0 Å². The molecule has 0 unspecified atom stereocenters. The minimum atomic E-state index is -4.51. The second-order valence-electron chi connectivity index (χ2n) is 8.59. The van der Waals surface area contributed by atoms with E-state index in [1.165, 1.54) is 4.90 Å². The number of hydrogen-bond acceptors (Lipinski definition) is 6. The molecule has 0 saturated carbocycles. The first-order chi connectivity index (χ1) is 17.6. The third-order valence-corrected chi connectivity index (χ3v) is 6.37. The van der Waals surface area contributed by atoms with Crippen LogP contribution in [0.1, 0.15) is 29.5 Å². The van der Waals surface area contributed by atoms with Gasteiger partial charge in [0.25, 0.3) is 0 Å². The van der Waals surface area contributed by atoms with E-state index in [0.717, 1.165) is 24.3 Å². The molecule has 1 aliphatic heterocycles. The Morgan fingerprint density at radius 2 is 1.81 bits per heavy atom. The van der Waals surface area contributed by atoms with Crippen LogP contribution in [0.15, 0.2) is 48.5 Å². The standard InChI is InChI=1S/C25H26F3N5O4/c26-25(27,28)20-5-7-21(8-6-20)31-23(36)37-16-24(9-11-32(12-10-24)22(35)14-30)33(17-34)15-19-4-2-1-3-18(19)13-29/h1-8,17H,9-12,14-16,30H2,(H,31,36). The molecule has 2 aromatic rings. The number of piperidine rings is 1. The molecule has 1 saturated heterocycles. The number of nitrogens with two attached hydrogens (primary N) is 1. The predicted molar refractivity (Wildman–Crippen MR) is 127 cm³/mol. The van der Waals surface area contributed by atoms with Crippen molar-refractivity contribution in [3.63, 3.8) is 0 Å². The largest absolute Gasteiger partial charge is 0.447 e. The highest BCUT2D eigenvalue weighted by molar-refractivity contribution is 5.84. The van der Waals surface area contributed by atoms with Gasteiger partial charge in [0.15, 0.2) is 0 Å². The van der Waals surface area contributed by atoms with Gasteiger partial charge >= 0.3 is 12.3 Å². The maximum atomic E-state index is 12.8. The Morgan fingerprint density at radius 1 is 1.16 bits per heavy atom. The number of nitriles is 1. The van der Waals surface area contributed by atoms with Crippen molar-refractivity contribution in [2.75, 3.05) is 31.6 Å². The van der Waals surface area contributed by atoms with Crippen LogP contribution in [0.5, 0.6) is 0 Å². The number of likely N-dealkylation sites (tertiary alicyclic amines) is 1. The fourth-order valence-corrected chi connectivity index (χ4v) is 4.18. The number of carbonyl (C=O) groups excluding carboxylic acids is 3. The highest BCUT2D eigenvalue weighted by atomic mass is 19.4. The van der Waals surface area contributed by atoms with E-state index in [-0.39, 0.29) is 57.2 Å². The number of halogens is 3. The highest BCUT2D eigenvalue weighted by Crippen LogP contribution is 2.32. The van der Waals surface area contributed by atoms with Crippen molar-refractivity contribution in [3.8, 4) is 6.07 Å². The fraction of sp³-hybridized carbons (Fsp3) is 0.360. The van der Waals surface area contributed by atoms with Gasteiger partial charge in [0.1, 0.15) is 6.61 Å². The van der Waals surface area contributed by atoms with Crippen molar-refractivity contribution in [1.82, 2.24) is 9.80 Å². The summed E-state index contributed by atoms with van der Waals surface area (Å²) in [6, 6.07) is 12.7. The van der Waals surface area contributed by atoms with E-state index in [1.54, 1.807) is 29.2 Å². The molecular weight excluding hydrogens is 491 g/mol. The molecular formula is C25H26F3N5O4. The van der Waals surface area contributed by atoms with Crippen LogP contribution in [0.3, 0.4) is 0 Å². The van der Waals surface area contributed by atoms with Crippen LogP contribution in [0.25, 0.3) is 0 Å². The molecule has 12 heteroatoms. The summed E-state index contributed by atoms with van der Waals surface area (Å²) in [7, 11) is 0. The molecule has 3 N–H and O–H groups in total. The van der Waals surface area contributed by atoms with Gasteiger partial charge < -0.3 is 20.3 Å². The molecule has 1 heterocycles. The van der Waals surface area contributed by atoms with E-state index in [4.69, 9.17) is 10.5 Å². The number of benzene rings is 2. The van der Waals surface area contributed by atoms with Crippen LogP contribution < -0.4 is 11.1 Å². The Balaban J connectivity index is 1.76. The molecule has 3 rings (SSSR count). The molecule has 37 heavy (non-hydrogen) atoms. The molecule has 0 aliphatic carbocycles. The summed E-state index contributed by atoms with van der Waals surface area (Å²) in [6.07, 6.45) is -4.25. The summed E-state index contributed by atoms with van der Waals surface area (Å²) in [6.45, 7) is 0.208. The molecule has 3 amide bonds. The van der Waals surface area contributed by atoms with Gasteiger partial charge in [-0.3, -0.25) is 14.9 Å². The zero-order chi connectivity index (χ0) is 27.1. The Bertz CT molecular complexity index is 1160. The number of amides is 3. The van der Waals surface area contributed by atoms with Crippen molar-refractivity contribution < 1.29 is 32.3 Å². The summed E-state index contributed by atoms with van der Waals surface area (Å²) in [5.74, 6) is -0.248. The minimum absolute atomic E-state index is 0.0714. The lowest BCUT2D eigenvalue weighted by Crippen LogP contribution is -2.59. The van der Waals surface area contributed by atoms with Gasteiger partial charge in [-0.15, -0.1) is 0 Å². The third kappa shape index (κ3) is 6.77. The Kier molecular flexibility index (Phi) is 8.73. The Labute approximate surface area is 211 Å². The smallest absolute Gasteiger partial charge is 0.416 e. The molecule has 1 fully saturated rings. The topological polar surface area (TPSA) is 129 Å². The number of carbonyl (C=O) groups is 3. The van der Waals surface area contributed by atoms with Crippen LogP contribution in [-0.4, -0.2) is 60.0 Å². The maximum absolute atomic E-state index is 12.8. The normalized spacial score (nSPS) is 14.8. The minimum Gasteiger partial charge on any atom is -0.447 e. The number of rotatable bonds is 8. The summed E-state index contributed by atoms with van der Waals surface area (Å²) >= 11 is 0. The summed E-state index contributed by atoms with van der Waals surface area (Å²) in [5, 5.41) is 11.8. The molecule has 9 nitrogen and oxygen atoms in total. The van der Waals surface area contributed by atoms with Crippen molar-refractivity contribution in [1.29, 1.82) is 5.26 Å². The predicted octanol–water partition coefficient (Wildman–Crippen LogP) is 3.10. The molecule has 0 atom stereocenters. The lowest BCUT2D eigenvalue weighted by Gasteiger charge is -2.46. The van der Waals surface area contributed by atoms with Crippen LogP contribution in [-0.2, 0) is 27.0 Å². The molecule has 0 aromatic heterocycles. The number of hydrogen-bond donors (Lipinski definition) is 2. The molecule has 1 aliphatic rings. The lowest BCUT2D eigenvalue weighted by atomic mass is 9.86. The van der Waals surface area contributed by atoms with E-state index in [9.17, 15) is 32.8 Å². The summed E-state index contributed by atoms with van der Waals surface area (Å²) in [5.41, 5.74) is 4.71. The van der Waals surface area contributed by atoms with E-state index in [2.05, 4.69) is 11.4 Å². The number of anilines is 1. The Morgan fingerprint density at radius 3 is 2.38 bits per heavy atom. The maximum Gasteiger partial charge on any atom is 0.416 e. The van der Waals surface area contributed by atoms with Crippen LogP contribution in [0, 0.1) is 11.3 Å². The van der Waals surface area contributed by atoms with Gasteiger partial charge in [-0.05, 0) is 48.7 Å². The number of ether oxygens (including phenoxy) is 1. The number of nitrogens with one attached hydrogen (secondary N) is 1. The number of nitrogens with zero attached hydrogens (tertiary/aromatic N) is 3. The average molecular weight is 518 g/mol. The monoisotopic (exact) mass is 517 g/mol. The first kappa shape index (κ1) is 27.5. The van der Waals surface area contributed by atoms with Crippen molar-refractivity contribution in [3.05, 3.63) is 65.2 Å². The highest BCUT2D eigenvalue weighted by Gasteiger charge is 2.42. The quantitative estimate of drug-likeness (QED) is 0.518. The molecule has 2 aromatic carbocycles. The zero-order valence-electron chi connectivity index (χ0n) is 19.8. The van der Waals surface area contributed by atoms with Gasteiger partial charge in [0.05, 0.1) is 29.3 Å². The van der Waals surface area contributed by atoms with Crippen LogP contribution in [0.2, 0.25) is 0 Å². The third-order valence-electron chi connectivity index (χ3n) is 6.37. The van der Waals surface area contributed by atoms with E-state index in [0.29, 0.717) is 17.5 Å². The van der Waals surface area contributed by atoms with E-state index < -0.39 is 23.4 Å². The second-order valence-corrected chi connectivity index (χ2v) is 8.59. The van der Waals surface area contributed by atoms with Crippen molar-refractivity contribution in [2.24, 2.45) is 5.73 Å². The van der Waals surface area contributed by atoms with Gasteiger partial charge in [0, 0.05) is 25.3 Å². The van der Waals surface area contributed by atoms with Crippen LogP contribution >= 0.6 is 0 Å². The van der Waals surface area contributed by atoms with Gasteiger partial charge in [-0.2, -0.15) is 18.4 Å². The fourth-order valence-electron chi connectivity index (χ4n) is 4.18. The van der Waals surface area contributed by atoms with E-state index >= 15 is 0 Å². The summed E-state index contributed by atoms with van der Waals surface area (Å²) < 4.78 is 43.7. The van der Waals surface area contributed by atoms with Crippen LogP contribution in [0.4, 0.5) is 23.7 Å². The molecule has 0 radical (unpaired) electrons. The number of alkyl halides is 3. The SMILES string of the molecule is N#Cc1ccccc1CN(C=O)C1(COC(=O)Nc2ccc(C(F)(F)F)cc2)CCN(C(=O)CN)CC1. The van der Waals surface area contributed by atoms with Gasteiger partial charge in [-0.25, -0.2) is 4.79 Å². The van der Waals surface area contributed by atoms with Gasteiger partial charge in [-0.1, -0.05) is 18.2 Å². The van der Waals surface area contributed by atoms with Gasteiger partial charge in [0.2, 0.25) is 12.3 Å². The molecule has 0 spiro atoms. The first-order valence-electron chi connectivity index (χ1n) is 11.4. The first-order valence-corrected chi connectivity index (χ1v) is 11.4. The molecule has 0 bridgehead atoms. The average Bonchev–Trinajstić information content (AvgIpc) is 2.90. The summed E-state index contributed by atoms with van der Waals surface area (Å²) in [4.78, 5) is 39.8. The molecule has 196 valence electrons. The Hall–Kier alpha value is -4.11. The second kappa shape index (κ2) is 11.7. The van der Waals surface area contributed by atoms with Crippen molar-refractivity contribution in [2.45, 2.75) is 31.1 Å². The van der Waals surface area contributed by atoms with Crippen molar-refractivity contribution >= 4 is 24.1 Å². The zero-order valence-corrected chi connectivity index (χ0v) is 19.8.